The summed E-state index contributed by atoms with van der Waals surface area (Å²) in [5.74, 6) is 0.466. The third-order valence-corrected chi connectivity index (χ3v) is 6.22. The predicted octanol–water partition coefficient (Wildman–Crippen LogP) is 3.94. The van der Waals surface area contributed by atoms with E-state index in [4.69, 9.17) is 0 Å². The molecule has 0 aliphatic rings. The van der Waals surface area contributed by atoms with E-state index >= 15 is 0 Å². The van der Waals surface area contributed by atoms with Crippen LogP contribution in [0.1, 0.15) is 32.3 Å². The summed E-state index contributed by atoms with van der Waals surface area (Å²) in [5.41, 5.74) is 4.21. The van der Waals surface area contributed by atoms with Gasteiger partial charge in [-0.25, -0.2) is 0 Å². The van der Waals surface area contributed by atoms with Gasteiger partial charge in [-0.3, -0.25) is 9.59 Å². The minimum atomic E-state index is -1.01. The van der Waals surface area contributed by atoms with Gasteiger partial charge in [0.05, 0.1) is 7.05 Å². The third kappa shape index (κ3) is 6.09. The van der Waals surface area contributed by atoms with Crippen LogP contribution in [-0.2, 0) is 16.0 Å². The first kappa shape index (κ1) is 24.0. The molecule has 0 saturated heterocycles. The lowest BCUT2D eigenvalue weighted by molar-refractivity contribution is -0.136. The summed E-state index contributed by atoms with van der Waals surface area (Å²) in [6, 6.07) is 19.8. The van der Waals surface area contributed by atoms with Crippen LogP contribution in [0.15, 0.2) is 60.7 Å². The van der Waals surface area contributed by atoms with E-state index in [1.54, 1.807) is 11.8 Å². The van der Waals surface area contributed by atoms with Crippen LogP contribution in [0.3, 0.4) is 0 Å². The molecule has 2 rings (SSSR count). The van der Waals surface area contributed by atoms with E-state index in [0.717, 1.165) is 17.0 Å². The van der Waals surface area contributed by atoms with Crippen molar-refractivity contribution in [1.82, 2.24) is 15.3 Å². The summed E-state index contributed by atoms with van der Waals surface area (Å²) in [6.07, 6.45) is 3.31. The van der Waals surface area contributed by atoms with Crippen LogP contribution in [-0.4, -0.2) is 43.0 Å². The molecular weight excluding hydrogens is 394 g/mol. The lowest BCUT2D eigenvalue weighted by atomic mass is 9.87. The zero-order chi connectivity index (χ0) is 22.0. The zero-order valence-electron chi connectivity index (χ0n) is 18.5. The molecule has 2 N–H and O–H groups in total. The number of nitrogens with one attached hydrogen (secondary N) is 2. The monoisotopic (exact) mass is 428 g/mol. The van der Waals surface area contributed by atoms with Crippen molar-refractivity contribution in [3.05, 3.63) is 66.2 Å². The van der Waals surface area contributed by atoms with Gasteiger partial charge in [-0.2, -0.15) is 21.8 Å². The van der Waals surface area contributed by atoms with Crippen LogP contribution in [0, 0.1) is 0 Å². The Balaban J connectivity index is 2.35. The normalized spacial score (nSPS) is 14.9. The molecule has 0 spiro atoms. The summed E-state index contributed by atoms with van der Waals surface area (Å²) in [4.78, 5) is 26.4. The van der Waals surface area contributed by atoms with E-state index in [1.807, 2.05) is 87.8 Å². The van der Waals surface area contributed by atoms with Crippen molar-refractivity contribution in [2.24, 2.45) is 0 Å². The Labute approximate surface area is 184 Å². The Morgan fingerprint density at radius 3 is 2.13 bits per heavy atom. The van der Waals surface area contributed by atoms with Crippen molar-refractivity contribution in [1.29, 1.82) is 0 Å². The number of carbonyl (C=O) groups is 2. The van der Waals surface area contributed by atoms with Crippen molar-refractivity contribution in [2.45, 2.75) is 38.6 Å². The maximum absolute atomic E-state index is 13.7. The predicted molar refractivity (Wildman–Crippen MR) is 127 cm³/mol. The summed E-state index contributed by atoms with van der Waals surface area (Å²) in [6.45, 7) is 4.67. The second-order valence-corrected chi connectivity index (χ2v) is 8.66. The Bertz CT molecular complexity index is 816. The number of carbonyl (C=O) groups excluding carboxylic acids is 2. The Hall–Kier alpha value is -2.31. The Morgan fingerprint density at radius 2 is 1.60 bits per heavy atom. The highest BCUT2D eigenvalue weighted by Crippen LogP contribution is 2.23. The largest absolute Gasteiger partial charge is 0.341 e. The van der Waals surface area contributed by atoms with Crippen molar-refractivity contribution >= 4 is 29.3 Å². The number of hydrogen-bond acceptors (Lipinski definition) is 3. The molecule has 0 aliphatic heterocycles. The summed E-state index contributed by atoms with van der Waals surface area (Å²) in [7, 11) is 1.98. The van der Waals surface area contributed by atoms with Crippen molar-refractivity contribution in [3.8, 4) is 0 Å². The number of benzene rings is 2. The standard InChI is InChI=1S/C24H33N3O2S/c1-5-24(25-22(28)17-18-30-4,19-20-13-9-7-10-14-20)23(29)26-27(3,6-2)21-15-11-8-12-16-21/h7-16H,5-6,17-19H2,1-4H3,(H-,25,26,28,29)/p+1. The van der Waals surface area contributed by atoms with E-state index < -0.39 is 5.54 Å². The van der Waals surface area contributed by atoms with Crippen LogP contribution in [0.2, 0.25) is 0 Å². The molecule has 6 heteroatoms. The maximum atomic E-state index is 13.7. The number of nitrogens with zero attached hydrogens (tertiary/aromatic N) is 1. The molecule has 0 aromatic heterocycles. The number of hydrogen-bond donors (Lipinski definition) is 2. The van der Waals surface area contributed by atoms with Crippen molar-refractivity contribution < 1.29 is 9.59 Å². The fraction of sp³-hybridized carbons (Fsp3) is 0.417. The van der Waals surface area contributed by atoms with Crippen LogP contribution in [0.4, 0.5) is 5.69 Å². The zero-order valence-corrected chi connectivity index (χ0v) is 19.3. The molecule has 2 aromatic carbocycles. The fourth-order valence-electron chi connectivity index (χ4n) is 3.44. The average Bonchev–Trinajstić information content (AvgIpc) is 2.78. The molecule has 2 unspecified atom stereocenters. The maximum Gasteiger partial charge on any atom is 0.291 e. The molecule has 30 heavy (non-hydrogen) atoms. The molecule has 5 nitrogen and oxygen atoms in total. The van der Waals surface area contributed by atoms with E-state index in [9.17, 15) is 9.59 Å². The number of rotatable bonds is 11. The van der Waals surface area contributed by atoms with Gasteiger partial charge in [-0.1, -0.05) is 55.5 Å². The lowest BCUT2D eigenvalue weighted by Crippen LogP contribution is -2.68. The van der Waals surface area contributed by atoms with Crippen molar-refractivity contribution in [3.63, 3.8) is 0 Å². The third-order valence-electron chi connectivity index (χ3n) is 5.61. The van der Waals surface area contributed by atoms with E-state index in [0.29, 0.717) is 25.8 Å². The molecule has 0 fully saturated rings. The van der Waals surface area contributed by atoms with E-state index in [1.165, 1.54) is 0 Å². The van der Waals surface area contributed by atoms with Crippen LogP contribution in [0.25, 0.3) is 0 Å². The summed E-state index contributed by atoms with van der Waals surface area (Å²) >= 11 is 1.62. The van der Waals surface area contributed by atoms with Gasteiger partial charge >= 0.3 is 0 Å². The number of amides is 2. The van der Waals surface area contributed by atoms with Crippen LogP contribution < -0.4 is 15.3 Å². The lowest BCUT2D eigenvalue weighted by Gasteiger charge is -2.38. The van der Waals surface area contributed by atoms with Gasteiger partial charge in [0.15, 0.2) is 5.69 Å². The summed E-state index contributed by atoms with van der Waals surface area (Å²) in [5, 5.41) is 3.09. The van der Waals surface area contributed by atoms with E-state index in [2.05, 4.69) is 10.7 Å². The second kappa shape index (κ2) is 11.2. The van der Waals surface area contributed by atoms with Gasteiger partial charge in [0.2, 0.25) is 5.91 Å². The molecule has 0 heterocycles. The van der Waals surface area contributed by atoms with Gasteiger partial charge < -0.3 is 5.32 Å². The number of quaternary nitrogens is 1. The molecule has 2 atom stereocenters. The molecule has 0 radical (unpaired) electrons. The fourth-order valence-corrected chi connectivity index (χ4v) is 3.83. The van der Waals surface area contributed by atoms with Crippen LogP contribution in [0.5, 0.6) is 0 Å². The molecule has 0 bridgehead atoms. The Morgan fingerprint density at radius 1 is 1.00 bits per heavy atom. The number of thioether (sulfide) groups is 1. The topological polar surface area (TPSA) is 58.2 Å². The van der Waals surface area contributed by atoms with Gasteiger partial charge in [0, 0.05) is 30.7 Å². The Kier molecular flexibility index (Phi) is 8.93. The SMILES string of the molecule is CCC(Cc1ccccc1)(NC(=O)CCSC)C(=O)N[N+](C)(CC)c1ccccc1. The summed E-state index contributed by atoms with van der Waals surface area (Å²) < 4.78 is 0.261. The minimum absolute atomic E-state index is 0.0947. The molecule has 2 amide bonds. The molecule has 162 valence electrons. The first-order chi connectivity index (χ1) is 14.4. The molecular formula is C24H34N3O2S+. The van der Waals surface area contributed by atoms with Gasteiger partial charge in [-0.15, -0.1) is 0 Å². The first-order valence-corrected chi connectivity index (χ1v) is 11.9. The molecule has 2 aromatic rings. The smallest absolute Gasteiger partial charge is 0.291 e. The first-order valence-electron chi connectivity index (χ1n) is 10.5. The van der Waals surface area contributed by atoms with Crippen molar-refractivity contribution in [2.75, 3.05) is 25.6 Å². The highest BCUT2D eigenvalue weighted by Gasteiger charge is 2.42. The molecule has 0 aliphatic carbocycles. The van der Waals surface area contributed by atoms with E-state index in [-0.39, 0.29) is 16.4 Å². The minimum Gasteiger partial charge on any atom is -0.341 e. The number of para-hydroxylation sites is 1. The van der Waals surface area contributed by atoms with Gasteiger partial charge in [0.25, 0.3) is 5.91 Å². The van der Waals surface area contributed by atoms with Gasteiger partial charge in [0.1, 0.15) is 12.1 Å². The highest BCUT2D eigenvalue weighted by atomic mass is 32.2. The quantitative estimate of drug-likeness (QED) is 0.421. The average molecular weight is 429 g/mol. The van der Waals surface area contributed by atoms with Crippen LogP contribution >= 0.6 is 11.8 Å². The van der Waals surface area contributed by atoms with Gasteiger partial charge in [-0.05, 0) is 25.2 Å². The highest BCUT2D eigenvalue weighted by molar-refractivity contribution is 7.98. The molecule has 0 saturated carbocycles. The second-order valence-electron chi connectivity index (χ2n) is 7.67.